The smallest absolute Gasteiger partial charge is 0.270 e. The monoisotopic (exact) mass is 450 g/mol. The highest BCUT2D eigenvalue weighted by molar-refractivity contribution is 9.10. The molecule has 1 aliphatic heterocycles. The molecule has 2 amide bonds. The summed E-state index contributed by atoms with van der Waals surface area (Å²) in [5, 5.41) is 2.95. The number of carbonyl (C=O) groups excluding carboxylic acids is 2. The molecule has 1 saturated heterocycles. The lowest BCUT2D eigenvalue weighted by Gasteiger charge is -2.29. The summed E-state index contributed by atoms with van der Waals surface area (Å²) in [6.45, 7) is 0. The van der Waals surface area contributed by atoms with Gasteiger partial charge in [-0.15, -0.1) is 0 Å². The number of carbonyl (C=O) groups is 2. The summed E-state index contributed by atoms with van der Waals surface area (Å²) in [4.78, 5) is 26.5. The lowest BCUT2D eigenvalue weighted by Crippen LogP contribution is -2.54. The number of halogens is 2. The van der Waals surface area contributed by atoms with Crippen LogP contribution < -0.4 is 15.0 Å². The van der Waals surface area contributed by atoms with E-state index >= 15 is 0 Å². The number of amides is 2. The molecule has 26 heavy (non-hydrogen) atoms. The second kappa shape index (κ2) is 7.57. The molecule has 3 rings (SSSR count). The van der Waals surface area contributed by atoms with Crippen LogP contribution in [0.5, 0.6) is 5.75 Å². The zero-order valence-corrected chi connectivity index (χ0v) is 16.6. The molecular weight excluding hydrogens is 440 g/mol. The number of anilines is 1. The van der Waals surface area contributed by atoms with Gasteiger partial charge in [-0.05, 0) is 54.2 Å². The number of nitrogens with one attached hydrogen (secondary N) is 1. The van der Waals surface area contributed by atoms with E-state index in [9.17, 15) is 9.59 Å². The molecule has 5 nitrogen and oxygen atoms in total. The summed E-state index contributed by atoms with van der Waals surface area (Å²) in [6.07, 6.45) is 1.47. The number of benzene rings is 2. The van der Waals surface area contributed by atoms with Crippen molar-refractivity contribution in [2.75, 3.05) is 12.0 Å². The molecule has 0 unspecified atom stereocenters. The van der Waals surface area contributed by atoms with Gasteiger partial charge in [-0.25, -0.2) is 0 Å². The maximum absolute atomic E-state index is 12.9. The van der Waals surface area contributed by atoms with Gasteiger partial charge < -0.3 is 4.74 Å². The second-order valence-electron chi connectivity index (χ2n) is 5.33. The predicted octanol–water partition coefficient (Wildman–Crippen LogP) is 3.94. The molecular formula is C18H12BrClN2O3S. The molecule has 0 saturated carbocycles. The first-order chi connectivity index (χ1) is 12.4. The van der Waals surface area contributed by atoms with Gasteiger partial charge in [0.05, 0.1) is 17.8 Å². The van der Waals surface area contributed by atoms with Crippen molar-refractivity contribution in [3.8, 4) is 5.75 Å². The van der Waals surface area contributed by atoms with Crippen molar-refractivity contribution < 1.29 is 14.3 Å². The number of hydrogen-bond donors (Lipinski definition) is 1. The molecule has 0 aromatic heterocycles. The zero-order chi connectivity index (χ0) is 18.8. The van der Waals surface area contributed by atoms with Gasteiger partial charge in [-0.2, -0.15) is 0 Å². The SMILES string of the molecule is COc1ccc(C=C2C(=O)NC(=S)N(c3cccc(Br)c3)C2=O)cc1Cl. The maximum atomic E-state index is 12.9. The van der Waals surface area contributed by atoms with Crippen molar-refractivity contribution in [3.63, 3.8) is 0 Å². The second-order valence-corrected chi connectivity index (χ2v) is 7.04. The fourth-order valence-corrected chi connectivity index (χ4v) is 3.38. The van der Waals surface area contributed by atoms with E-state index in [1.165, 1.54) is 18.1 Å². The minimum absolute atomic E-state index is 0.0306. The zero-order valence-electron chi connectivity index (χ0n) is 13.5. The third kappa shape index (κ3) is 3.65. The molecule has 1 N–H and O–H groups in total. The largest absolute Gasteiger partial charge is 0.495 e. The molecule has 8 heteroatoms. The molecule has 2 aromatic rings. The Bertz CT molecular complexity index is 961. The van der Waals surface area contributed by atoms with Gasteiger partial charge in [0.15, 0.2) is 5.11 Å². The molecule has 0 radical (unpaired) electrons. The van der Waals surface area contributed by atoms with Crippen LogP contribution >= 0.6 is 39.7 Å². The average Bonchev–Trinajstić information content (AvgIpc) is 2.58. The highest BCUT2D eigenvalue weighted by Crippen LogP contribution is 2.28. The number of ether oxygens (including phenoxy) is 1. The van der Waals surface area contributed by atoms with Crippen molar-refractivity contribution >= 4 is 68.4 Å². The molecule has 0 aliphatic carbocycles. The van der Waals surface area contributed by atoms with E-state index in [0.717, 1.165) is 4.47 Å². The van der Waals surface area contributed by atoms with Crippen molar-refractivity contribution in [2.24, 2.45) is 0 Å². The van der Waals surface area contributed by atoms with Gasteiger partial charge in [0.25, 0.3) is 11.8 Å². The number of thiocarbonyl (C=S) groups is 1. The minimum atomic E-state index is -0.557. The summed E-state index contributed by atoms with van der Waals surface area (Å²) in [6, 6.07) is 12.1. The summed E-state index contributed by atoms with van der Waals surface area (Å²) in [7, 11) is 1.51. The van der Waals surface area contributed by atoms with Crippen LogP contribution in [0.3, 0.4) is 0 Å². The van der Waals surface area contributed by atoms with Crippen molar-refractivity contribution in [3.05, 3.63) is 63.1 Å². The van der Waals surface area contributed by atoms with Crippen molar-refractivity contribution in [1.82, 2.24) is 5.32 Å². The number of hydrogen-bond acceptors (Lipinski definition) is 4. The van der Waals surface area contributed by atoms with Crippen LogP contribution in [0.2, 0.25) is 5.02 Å². The Morgan fingerprint density at radius 1 is 1.23 bits per heavy atom. The van der Waals surface area contributed by atoms with Crippen LogP contribution in [0.25, 0.3) is 6.08 Å². The maximum Gasteiger partial charge on any atom is 0.270 e. The third-order valence-corrected chi connectivity index (χ3v) is 4.73. The van der Waals surface area contributed by atoms with E-state index < -0.39 is 11.8 Å². The molecule has 0 bridgehead atoms. The van der Waals surface area contributed by atoms with Crippen molar-refractivity contribution in [2.45, 2.75) is 0 Å². The Hall–Kier alpha value is -2.22. The van der Waals surface area contributed by atoms with Gasteiger partial charge in [0.1, 0.15) is 11.3 Å². The summed E-state index contributed by atoms with van der Waals surface area (Å²) < 4.78 is 5.89. The van der Waals surface area contributed by atoms with Gasteiger partial charge in [0.2, 0.25) is 0 Å². The molecule has 2 aromatic carbocycles. The fourth-order valence-electron chi connectivity index (χ4n) is 2.45. The normalized spacial score (nSPS) is 16.0. The molecule has 0 spiro atoms. The Kier molecular flexibility index (Phi) is 5.41. The van der Waals surface area contributed by atoms with Gasteiger partial charge >= 0.3 is 0 Å². The first-order valence-electron chi connectivity index (χ1n) is 7.41. The van der Waals surface area contributed by atoms with E-state index in [1.807, 2.05) is 6.07 Å². The van der Waals surface area contributed by atoms with Crippen LogP contribution in [0.1, 0.15) is 5.56 Å². The van der Waals surface area contributed by atoms with Crippen molar-refractivity contribution in [1.29, 1.82) is 0 Å². The van der Waals surface area contributed by atoms with E-state index in [4.69, 9.17) is 28.6 Å². The standard InChI is InChI=1S/C18H12BrClN2O3S/c1-25-15-6-5-10(8-14(15)20)7-13-16(23)21-18(26)22(17(13)24)12-4-2-3-11(19)9-12/h2-9H,1H3,(H,21,23,26). The van der Waals surface area contributed by atoms with E-state index in [0.29, 0.717) is 22.0 Å². The topological polar surface area (TPSA) is 58.6 Å². The summed E-state index contributed by atoms with van der Waals surface area (Å²) in [5.74, 6) is -0.563. The Labute approximate surface area is 168 Å². The van der Waals surface area contributed by atoms with E-state index in [-0.39, 0.29) is 10.7 Å². The highest BCUT2D eigenvalue weighted by atomic mass is 79.9. The fraction of sp³-hybridized carbons (Fsp3) is 0.0556. The lowest BCUT2D eigenvalue weighted by atomic mass is 10.1. The Morgan fingerprint density at radius 3 is 2.65 bits per heavy atom. The Morgan fingerprint density at radius 2 is 2.00 bits per heavy atom. The van der Waals surface area contributed by atoms with E-state index in [1.54, 1.807) is 36.4 Å². The molecule has 132 valence electrons. The molecule has 1 aliphatic rings. The number of rotatable bonds is 3. The molecule has 0 atom stereocenters. The Balaban J connectivity index is 2.01. The molecule has 1 fully saturated rings. The quantitative estimate of drug-likeness (QED) is 0.436. The van der Waals surface area contributed by atoms with Crippen LogP contribution in [0.15, 0.2) is 52.5 Å². The first kappa shape index (κ1) is 18.6. The predicted molar refractivity (Wildman–Crippen MR) is 108 cm³/mol. The number of methoxy groups -OCH3 is 1. The van der Waals surface area contributed by atoms with Gasteiger partial charge in [-0.3, -0.25) is 19.8 Å². The summed E-state index contributed by atoms with van der Waals surface area (Å²) >= 11 is 14.6. The lowest BCUT2D eigenvalue weighted by molar-refractivity contribution is -0.122. The van der Waals surface area contributed by atoms with Crippen LogP contribution in [0, 0.1) is 0 Å². The molecule has 1 heterocycles. The minimum Gasteiger partial charge on any atom is -0.495 e. The van der Waals surface area contributed by atoms with Gasteiger partial charge in [-0.1, -0.05) is 39.7 Å². The average molecular weight is 452 g/mol. The van der Waals surface area contributed by atoms with Gasteiger partial charge in [0, 0.05) is 4.47 Å². The highest BCUT2D eigenvalue weighted by Gasteiger charge is 2.34. The van der Waals surface area contributed by atoms with Crippen LogP contribution in [0.4, 0.5) is 5.69 Å². The summed E-state index contributed by atoms with van der Waals surface area (Å²) in [5.41, 5.74) is 1.10. The van der Waals surface area contributed by atoms with Crippen LogP contribution in [-0.2, 0) is 9.59 Å². The first-order valence-corrected chi connectivity index (χ1v) is 8.99. The van der Waals surface area contributed by atoms with E-state index in [2.05, 4.69) is 21.2 Å². The number of nitrogens with zero attached hydrogens (tertiary/aromatic N) is 1. The van der Waals surface area contributed by atoms with Crippen LogP contribution in [-0.4, -0.2) is 24.0 Å². The third-order valence-electron chi connectivity index (χ3n) is 3.65.